The number of rotatable bonds is 11. The number of benzene rings is 1. The van der Waals surface area contributed by atoms with Gasteiger partial charge in [-0.25, -0.2) is 9.97 Å². The lowest BCUT2D eigenvalue weighted by Gasteiger charge is -2.36. The Kier molecular flexibility index (Phi) is 9.66. The SMILES string of the molecule is COCCN1CCN(c2cccc(CC(C)(C)NCc3cnc(C#N)nc3NCC(C)(C)C)c2)CC1. The number of nitrogens with one attached hydrogen (secondary N) is 2. The van der Waals surface area contributed by atoms with Crippen LogP contribution in [0, 0.1) is 16.7 Å². The predicted molar refractivity (Wildman–Crippen MR) is 146 cm³/mol. The molecular weight excluding hydrogens is 450 g/mol. The highest BCUT2D eigenvalue weighted by molar-refractivity contribution is 5.49. The number of methoxy groups -OCH3 is 1. The van der Waals surface area contributed by atoms with Gasteiger partial charge in [0.25, 0.3) is 0 Å². The van der Waals surface area contributed by atoms with Gasteiger partial charge in [0.15, 0.2) is 0 Å². The number of nitriles is 1. The van der Waals surface area contributed by atoms with Gasteiger partial charge in [-0.15, -0.1) is 0 Å². The molecule has 0 amide bonds. The Balaban J connectivity index is 1.61. The number of nitrogens with zero attached hydrogens (tertiary/aromatic N) is 5. The molecule has 0 saturated carbocycles. The van der Waals surface area contributed by atoms with Crippen LogP contribution < -0.4 is 15.5 Å². The lowest BCUT2D eigenvalue weighted by Crippen LogP contribution is -2.47. The molecule has 0 atom stereocenters. The summed E-state index contributed by atoms with van der Waals surface area (Å²) in [5.41, 5.74) is 3.54. The van der Waals surface area contributed by atoms with Gasteiger partial charge in [0.05, 0.1) is 6.61 Å². The highest BCUT2D eigenvalue weighted by Gasteiger charge is 2.21. The van der Waals surface area contributed by atoms with Crippen LogP contribution in [-0.4, -0.2) is 73.4 Å². The minimum absolute atomic E-state index is 0.101. The maximum atomic E-state index is 9.24. The Morgan fingerprint density at radius 1 is 1.11 bits per heavy atom. The summed E-state index contributed by atoms with van der Waals surface area (Å²) in [7, 11) is 1.76. The van der Waals surface area contributed by atoms with Gasteiger partial charge in [0.1, 0.15) is 11.9 Å². The Hall–Kier alpha value is -2.73. The van der Waals surface area contributed by atoms with Crippen molar-refractivity contribution in [2.45, 2.75) is 53.1 Å². The monoisotopic (exact) mass is 493 g/mol. The van der Waals surface area contributed by atoms with E-state index < -0.39 is 0 Å². The molecule has 2 heterocycles. The quantitative estimate of drug-likeness (QED) is 0.490. The van der Waals surface area contributed by atoms with Crippen LogP contribution in [-0.2, 0) is 17.7 Å². The molecule has 36 heavy (non-hydrogen) atoms. The lowest BCUT2D eigenvalue weighted by atomic mass is 9.94. The van der Waals surface area contributed by atoms with Gasteiger partial charge < -0.3 is 20.3 Å². The van der Waals surface area contributed by atoms with Gasteiger partial charge in [-0.05, 0) is 43.4 Å². The fraction of sp³-hybridized carbons (Fsp3) is 0.607. The molecule has 1 saturated heterocycles. The van der Waals surface area contributed by atoms with Crippen LogP contribution in [0.5, 0.6) is 0 Å². The molecule has 2 aromatic rings. The number of anilines is 2. The molecule has 0 aliphatic carbocycles. The summed E-state index contributed by atoms with van der Waals surface area (Å²) in [6, 6.07) is 11.0. The highest BCUT2D eigenvalue weighted by Crippen LogP contribution is 2.23. The average molecular weight is 494 g/mol. The van der Waals surface area contributed by atoms with Crippen molar-refractivity contribution in [1.29, 1.82) is 5.26 Å². The van der Waals surface area contributed by atoms with Crippen LogP contribution in [0.25, 0.3) is 0 Å². The maximum Gasteiger partial charge on any atom is 0.234 e. The van der Waals surface area contributed by atoms with Crippen molar-refractivity contribution >= 4 is 11.5 Å². The van der Waals surface area contributed by atoms with E-state index in [1.165, 1.54) is 11.3 Å². The molecule has 2 N–H and O–H groups in total. The summed E-state index contributed by atoms with van der Waals surface area (Å²) < 4.78 is 5.22. The molecule has 1 aromatic heterocycles. The van der Waals surface area contributed by atoms with Crippen molar-refractivity contribution in [3.05, 3.63) is 47.4 Å². The third kappa shape index (κ3) is 8.74. The van der Waals surface area contributed by atoms with E-state index in [0.717, 1.165) is 63.7 Å². The normalized spacial score (nSPS) is 15.1. The topological polar surface area (TPSA) is 89.3 Å². The fourth-order valence-electron chi connectivity index (χ4n) is 4.31. The van der Waals surface area contributed by atoms with E-state index in [-0.39, 0.29) is 16.8 Å². The second-order valence-electron chi connectivity index (χ2n) is 11.5. The predicted octanol–water partition coefficient (Wildman–Crippen LogP) is 3.69. The Labute approximate surface area is 217 Å². The number of piperazine rings is 1. The van der Waals surface area contributed by atoms with E-state index in [1.54, 1.807) is 13.3 Å². The Morgan fingerprint density at radius 3 is 2.53 bits per heavy atom. The standard InChI is InChI=1S/C28H43N7O/c1-27(2,3)21-31-26-23(19-30-25(18-29)33-26)20-32-28(4,5)17-22-8-7-9-24(16-22)35-12-10-34(11-13-35)14-15-36-6/h7-9,16,19,32H,10-15,17,20-21H2,1-6H3,(H,30,31,33). The summed E-state index contributed by atoms with van der Waals surface area (Å²) >= 11 is 0. The molecule has 0 bridgehead atoms. The Bertz CT molecular complexity index is 1020. The molecule has 1 aliphatic rings. The molecule has 3 rings (SSSR count). The first-order chi connectivity index (χ1) is 17.1. The molecule has 0 radical (unpaired) electrons. The summed E-state index contributed by atoms with van der Waals surface area (Å²) in [6.07, 6.45) is 2.66. The molecular formula is C28H43N7O. The Morgan fingerprint density at radius 2 is 1.86 bits per heavy atom. The van der Waals surface area contributed by atoms with E-state index in [9.17, 15) is 5.26 Å². The third-order valence-electron chi connectivity index (χ3n) is 6.41. The fourth-order valence-corrected chi connectivity index (χ4v) is 4.31. The minimum atomic E-state index is -0.132. The van der Waals surface area contributed by atoms with E-state index in [2.05, 4.69) is 89.3 Å². The molecule has 8 heteroatoms. The summed E-state index contributed by atoms with van der Waals surface area (Å²) in [4.78, 5) is 13.6. The number of aromatic nitrogens is 2. The van der Waals surface area contributed by atoms with E-state index in [0.29, 0.717) is 6.54 Å². The third-order valence-corrected chi connectivity index (χ3v) is 6.41. The van der Waals surface area contributed by atoms with Gasteiger partial charge in [-0.1, -0.05) is 32.9 Å². The van der Waals surface area contributed by atoms with Crippen LogP contribution >= 0.6 is 0 Å². The van der Waals surface area contributed by atoms with Gasteiger partial charge in [-0.3, -0.25) is 4.90 Å². The van der Waals surface area contributed by atoms with Gasteiger partial charge >= 0.3 is 0 Å². The summed E-state index contributed by atoms with van der Waals surface area (Å²) in [5, 5.41) is 16.3. The zero-order valence-corrected chi connectivity index (χ0v) is 22.9. The van der Waals surface area contributed by atoms with Gasteiger partial charge in [0, 0.05) is 75.9 Å². The molecule has 1 aromatic carbocycles. The van der Waals surface area contributed by atoms with E-state index in [4.69, 9.17) is 4.74 Å². The van der Waals surface area contributed by atoms with Crippen LogP contribution in [0.2, 0.25) is 0 Å². The first kappa shape index (κ1) is 27.9. The van der Waals surface area contributed by atoms with Crippen molar-refractivity contribution in [3.63, 3.8) is 0 Å². The minimum Gasteiger partial charge on any atom is -0.383 e. The first-order valence-corrected chi connectivity index (χ1v) is 12.9. The molecule has 8 nitrogen and oxygen atoms in total. The number of hydrogen-bond acceptors (Lipinski definition) is 8. The van der Waals surface area contributed by atoms with Crippen molar-refractivity contribution in [2.24, 2.45) is 5.41 Å². The molecule has 1 aliphatic heterocycles. The molecule has 1 fully saturated rings. The molecule has 0 unspecified atom stereocenters. The zero-order valence-electron chi connectivity index (χ0n) is 22.9. The molecule has 196 valence electrons. The summed E-state index contributed by atoms with van der Waals surface area (Å²) in [5.74, 6) is 0.914. The van der Waals surface area contributed by atoms with Gasteiger partial charge in [0.2, 0.25) is 5.82 Å². The van der Waals surface area contributed by atoms with E-state index >= 15 is 0 Å². The largest absolute Gasteiger partial charge is 0.383 e. The van der Waals surface area contributed by atoms with Crippen molar-refractivity contribution in [1.82, 2.24) is 20.2 Å². The van der Waals surface area contributed by atoms with Crippen molar-refractivity contribution in [2.75, 3.05) is 63.2 Å². The highest BCUT2D eigenvalue weighted by atomic mass is 16.5. The number of hydrogen-bond donors (Lipinski definition) is 2. The van der Waals surface area contributed by atoms with Crippen molar-refractivity contribution in [3.8, 4) is 6.07 Å². The second kappa shape index (κ2) is 12.5. The van der Waals surface area contributed by atoms with Crippen LogP contribution in [0.15, 0.2) is 30.5 Å². The smallest absolute Gasteiger partial charge is 0.234 e. The van der Waals surface area contributed by atoms with E-state index in [1.807, 2.05) is 6.07 Å². The van der Waals surface area contributed by atoms with Crippen LogP contribution in [0.3, 0.4) is 0 Å². The van der Waals surface area contributed by atoms with Crippen LogP contribution in [0.1, 0.15) is 51.6 Å². The average Bonchev–Trinajstić information content (AvgIpc) is 2.85. The van der Waals surface area contributed by atoms with Crippen LogP contribution in [0.4, 0.5) is 11.5 Å². The van der Waals surface area contributed by atoms with Gasteiger partial charge in [-0.2, -0.15) is 5.26 Å². The van der Waals surface area contributed by atoms with Crippen molar-refractivity contribution < 1.29 is 4.74 Å². The second-order valence-corrected chi connectivity index (χ2v) is 11.5. The first-order valence-electron chi connectivity index (χ1n) is 12.9. The zero-order chi connectivity index (χ0) is 26.2. The number of ether oxygens (including phenoxy) is 1. The summed E-state index contributed by atoms with van der Waals surface area (Å²) in [6.45, 7) is 18.3. The lowest BCUT2D eigenvalue weighted by molar-refractivity contribution is 0.144. The molecule has 0 spiro atoms. The maximum absolute atomic E-state index is 9.24.